The van der Waals surface area contributed by atoms with E-state index in [0.717, 1.165) is 0 Å². The summed E-state index contributed by atoms with van der Waals surface area (Å²) in [7, 11) is 0. The molecule has 3 atom stereocenters. The topological polar surface area (TPSA) is 82.5 Å². The lowest BCUT2D eigenvalue weighted by Gasteiger charge is -2.43. The first-order valence-corrected chi connectivity index (χ1v) is 8.38. The molecular weight excluding hydrogens is 331 g/mol. The van der Waals surface area contributed by atoms with E-state index in [1.807, 2.05) is 4.90 Å². The van der Waals surface area contributed by atoms with Crippen LogP contribution < -0.4 is 4.74 Å². The predicted octanol–water partition coefficient (Wildman–Crippen LogP) is -0.531. The van der Waals surface area contributed by atoms with Crippen LogP contribution in [0, 0.1) is 5.82 Å². The summed E-state index contributed by atoms with van der Waals surface area (Å²) in [5.74, 6) is -0.248. The van der Waals surface area contributed by atoms with Gasteiger partial charge in [-0.25, -0.2) is 4.39 Å². The lowest BCUT2D eigenvalue weighted by Crippen LogP contribution is -2.61. The van der Waals surface area contributed by atoms with Gasteiger partial charge in [0.05, 0.1) is 25.4 Å². The van der Waals surface area contributed by atoms with Crippen molar-refractivity contribution in [3.05, 3.63) is 30.1 Å². The van der Waals surface area contributed by atoms with Crippen LogP contribution in [0.25, 0.3) is 0 Å². The van der Waals surface area contributed by atoms with Crippen LogP contribution in [0.2, 0.25) is 0 Å². The molecule has 0 radical (unpaired) electrons. The molecule has 0 bridgehead atoms. The molecule has 1 aromatic rings. The molecule has 7 nitrogen and oxygen atoms in total. The zero-order valence-electron chi connectivity index (χ0n) is 13.9. The molecule has 0 aliphatic carbocycles. The van der Waals surface area contributed by atoms with Gasteiger partial charge in [-0.2, -0.15) is 0 Å². The largest absolute Gasteiger partial charge is 0.484 e. The standard InChI is InChI=1S/C17H23FN2O5/c18-12-2-1-3-13(8-12)25-11-16(22)20-6-4-19(5-7-20)14-9-24-10-15(21)17(14)23/h1-3,8,14-15,17,21,23H,4-7,9-11H2/t14-,15-,17+/m1/s1. The number of aliphatic hydroxyl groups excluding tert-OH is 2. The van der Waals surface area contributed by atoms with Gasteiger partial charge in [-0.05, 0) is 12.1 Å². The van der Waals surface area contributed by atoms with Gasteiger partial charge < -0.3 is 24.6 Å². The van der Waals surface area contributed by atoms with Gasteiger partial charge in [0.25, 0.3) is 5.91 Å². The van der Waals surface area contributed by atoms with Gasteiger partial charge in [-0.3, -0.25) is 9.69 Å². The Morgan fingerprint density at radius 2 is 2.00 bits per heavy atom. The molecule has 2 heterocycles. The minimum absolute atomic E-state index is 0.142. The van der Waals surface area contributed by atoms with E-state index in [0.29, 0.717) is 38.5 Å². The minimum atomic E-state index is -0.877. The Balaban J connectivity index is 1.46. The second kappa shape index (κ2) is 8.09. The number of aliphatic hydroxyl groups is 2. The van der Waals surface area contributed by atoms with Gasteiger partial charge >= 0.3 is 0 Å². The lowest BCUT2D eigenvalue weighted by atomic mass is 10.0. The summed E-state index contributed by atoms with van der Waals surface area (Å²) in [6, 6.07) is 5.42. The first-order valence-electron chi connectivity index (χ1n) is 8.38. The predicted molar refractivity (Wildman–Crippen MR) is 86.7 cm³/mol. The van der Waals surface area contributed by atoms with Crippen LogP contribution in [0.3, 0.4) is 0 Å². The highest BCUT2D eigenvalue weighted by Crippen LogP contribution is 2.17. The van der Waals surface area contributed by atoms with Gasteiger partial charge in [0, 0.05) is 32.2 Å². The molecular formula is C17H23FN2O5. The zero-order chi connectivity index (χ0) is 17.8. The Bertz CT molecular complexity index is 594. The Morgan fingerprint density at radius 3 is 2.72 bits per heavy atom. The normalized spacial score (nSPS) is 28.0. The summed E-state index contributed by atoms with van der Waals surface area (Å²) in [5, 5.41) is 19.8. The van der Waals surface area contributed by atoms with E-state index in [2.05, 4.69) is 0 Å². The molecule has 0 unspecified atom stereocenters. The van der Waals surface area contributed by atoms with Crippen LogP contribution >= 0.6 is 0 Å². The third-order valence-corrected chi connectivity index (χ3v) is 4.66. The fourth-order valence-corrected chi connectivity index (χ4v) is 3.18. The van der Waals surface area contributed by atoms with Crippen molar-refractivity contribution in [2.45, 2.75) is 18.2 Å². The average Bonchev–Trinajstić information content (AvgIpc) is 2.62. The molecule has 1 amide bonds. The molecule has 8 heteroatoms. The number of amides is 1. The van der Waals surface area contributed by atoms with Crippen LogP contribution in [0.1, 0.15) is 0 Å². The molecule has 3 rings (SSSR count). The molecule has 1 aromatic carbocycles. The maximum Gasteiger partial charge on any atom is 0.260 e. The fourth-order valence-electron chi connectivity index (χ4n) is 3.18. The number of carbonyl (C=O) groups excluding carboxylic acids is 1. The van der Waals surface area contributed by atoms with Crippen LogP contribution in [0.4, 0.5) is 4.39 Å². The van der Waals surface area contributed by atoms with E-state index < -0.39 is 18.0 Å². The van der Waals surface area contributed by atoms with E-state index in [9.17, 15) is 19.4 Å². The summed E-state index contributed by atoms with van der Waals surface area (Å²) in [6.07, 6.45) is -1.72. The Hall–Kier alpha value is -1.74. The average molecular weight is 354 g/mol. The number of nitrogens with zero attached hydrogens (tertiary/aromatic N) is 2. The SMILES string of the molecule is O=C(COc1cccc(F)c1)N1CCN([C@@H]2COC[C@@H](O)[C@H]2O)CC1. The Kier molecular flexibility index (Phi) is 5.85. The number of ether oxygens (including phenoxy) is 2. The molecule has 2 aliphatic heterocycles. The molecule has 0 aromatic heterocycles. The Morgan fingerprint density at radius 1 is 1.24 bits per heavy atom. The van der Waals surface area contributed by atoms with Crippen molar-refractivity contribution in [1.82, 2.24) is 9.80 Å². The van der Waals surface area contributed by atoms with Crippen molar-refractivity contribution < 1.29 is 28.9 Å². The van der Waals surface area contributed by atoms with Crippen molar-refractivity contribution in [2.75, 3.05) is 46.0 Å². The minimum Gasteiger partial charge on any atom is -0.484 e. The smallest absolute Gasteiger partial charge is 0.260 e. The molecule has 138 valence electrons. The molecule has 25 heavy (non-hydrogen) atoms. The third kappa shape index (κ3) is 4.46. The molecule has 2 fully saturated rings. The lowest BCUT2D eigenvalue weighted by molar-refractivity contribution is -0.145. The summed E-state index contributed by atoms with van der Waals surface area (Å²) in [4.78, 5) is 15.9. The van der Waals surface area contributed by atoms with Crippen molar-refractivity contribution in [3.63, 3.8) is 0 Å². The van der Waals surface area contributed by atoms with Crippen LogP contribution in [-0.2, 0) is 9.53 Å². The van der Waals surface area contributed by atoms with Crippen LogP contribution in [-0.4, -0.2) is 90.2 Å². The number of carbonyl (C=O) groups is 1. The first-order chi connectivity index (χ1) is 12.0. The molecule has 2 aliphatic rings. The van der Waals surface area contributed by atoms with Crippen molar-refractivity contribution in [2.24, 2.45) is 0 Å². The van der Waals surface area contributed by atoms with E-state index in [-0.39, 0.29) is 25.2 Å². The number of rotatable bonds is 4. The van der Waals surface area contributed by atoms with Gasteiger partial charge in [0.15, 0.2) is 6.61 Å². The van der Waals surface area contributed by atoms with Crippen molar-refractivity contribution >= 4 is 5.91 Å². The fraction of sp³-hybridized carbons (Fsp3) is 0.588. The number of halogens is 1. The quantitative estimate of drug-likeness (QED) is 0.757. The van der Waals surface area contributed by atoms with E-state index in [1.165, 1.54) is 18.2 Å². The van der Waals surface area contributed by atoms with Gasteiger partial charge in [-0.15, -0.1) is 0 Å². The molecule has 0 saturated carbocycles. The molecule has 0 spiro atoms. The van der Waals surface area contributed by atoms with E-state index in [4.69, 9.17) is 9.47 Å². The van der Waals surface area contributed by atoms with Crippen LogP contribution in [0.15, 0.2) is 24.3 Å². The van der Waals surface area contributed by atoms with Crippen LogP contribution in [0.5, 0.6) is 5.75 Å². The maximum atomic E-state index is 13.1. The van der Waals surface area contributed by atoms with Gasteiger partial charge in [-0.1, -0.05) is 6.07 Å². The van der Waals surface area contributed by atoms with Crippen molar-refractivity contribution in [1.29, 1.82) is 0 Å². The van der Waals surface area contributed by atoms with E-state index in [1.54, 1.807) is 11.0 Å². The first kappa shape index (κ1) is 18.1. The number of hydrogen-bond acceptors (Lipinski definition) is 6. The molecule has 2 saturated heterocycles. The Labute approximate surface area is 145 Å². The summed E-state index contributed by atoms with van der Waals surface area (Å²) < 4.78 is 23.7. The molecule has 2 N–H and O–H groups in total. The van der Waals surface area contributed by atoms with E-state index >= 15 is 0 Å². The highest BCUT2D eigenvalue weighted by atomic mass is 19.1. The van der Waals surface area contributed by atoms with Gasteiger partial charge in [0.1, 0.15) is 17.7 Å². The summed E-state index contributed by atoms with van der Waals surface area (Å²) in [5.41, 5.74) is 0. The number of piperazine rings is 1. The third-order valence-electron chi connectivity index (χ3n) is 4.66. The second-order valence-electron chi connectivity index (χ2n) is 6.33. The highest BCUT2D eigenvalue weighted by Gasteiger charge is 2.37. The maximum absolute atomic E-state index is 13.1. The zero-order valence-corrected chi connectivity index (χ0v) is 13.9. The number of benzene rings is 1. The van der Waals surface area contributed by atoms with Crippen molar-refractivity contribution in [3.8, 4) is 5.75 Å². The summed E-state index contributed by atoms with van der Waals surface area (Å²) in [6.45, 7) is 2.56. The van der Waals surface area contributed by atoms with Gasteiger partial charge in [0.2, 0.25) is 0 Å². The number of hydrogen-bond donors (Lipinski definition) is 2. The highest BCUT2D eigenvalue weighted by molar-refractivity contribution is 5.77. The monoisotopic (exact) mass is 354 g/mol. The summed E-state index contributed by atoms with van der Waals surface area (Å²) >= 11 is 0. The second-order valence-corrected chi connectivity index (χ2v) is 6.33.